The Bertz CT molecular complexity index is 926. The van der Waals surface area contributed by atoms with Crippen LogP contribution >= 0.6 is 11.8 Å². The number of pyridine rings is 1. The lowest BCUT2D eigenvalue weighted by atomic mass is 10.2. The SMILES string of the molecule is C=CCNC(=O)CSc1nnc(-c2cccnc2)n1-c1ccc(OCC)cc1. The Balaban J connectivity index is 1.93. The molecule has 0 fully saturated rings. The molecule has 1 aromatic carbocycles. The van der Waals surface area contributed by atoms with Gasteiger partial charge in [-0.15, -0.1) is 16.8 Å². The fourth-order valence-corrected chi connectivity index (χ4v) is 3.29. The van der Waals surface area contributed by atoms with Gasteiger partial charge in [0.05, 0.1) is 12.4 Å². The maximum atomic E-state index is 12.0. The maximum Gasteiger partial charge on any atom is 0.230 e. The van der Waals surface area contributed by atoms with E-state index in [9.17, 15) is 4.79 Å². The van der Waals surface area contributed by atoms with E-state index in [1.807, 2.05) is 47.9 Å². The Hall–Kier alpha value is -3.13. The molecule has 0 aliphatic rings. The molecule has 0 bridgehead atoms. The maximum absolute atomic E-state index is 12.0. The first-order valence-corrected chi connectivity index (χ1v) is 9.81. The molecule has 0 spiro atoms. The van der Waals surface area contributed by atoms with Gasteiger partial charge in [-0.1, -0.05) is 17.8 Å². The summed E-state index contributed by atoms with van der Waals surface area (Å²) >= 11 is 1.32. The summed E-state index contributed by atoms with van der Waals surface area (Å²) in [5, 5.41) is 12.0. The number of carbonyl (C=O) groups is 1. The van der Waals surface area contributed by atoms with Gasteiger partial charge in [-0.2, -0.15) is 0 Å². The minimum atomic E-state index is -0.0888. The number of aromatic nitrogens is 4. The van der Waals surface area contributed by atoms with Crippen molar-refractivity contribution in [3.63, 3.8) is 0 Å². The summed E-state index contributed by atoms with van der Waals surface area (Å²) in [7, 11) is 0. The number of hydrogen-bond acceptors (Lipinski definition) is 6. The standard InChI is InChI=1S/C20H21N5O2S/c1-3-11-22-18(26)14-28-20-24-23-19(15-6-5-12-21-13-15)25(20)16-7-9-17(10-8-16)27-4-2/h3,5-10,12-13H,1,4,11,14H2,2H3,(H,22,26). The van der Waals surface area contributed by atoms with Crippen LogP contribution in [0.5, 0.6) is 5.75 Å². The van der Waals surface area contributed by atoms with Crippen molar-refractivity contribution >= 4 is 17.7 Å². The number of rotatable bonds is 9. The second-order valence-corrected chi connectivity index (χ2v) is 6.63. The molecule has 0 radical (unpaired) electrons. The predicted molar refractivity (Wildman–Crippen MR) is 110 cm³/mol. The minimum absolute atomic E-state index is 0.0888. The van der Waals surface area contributed by atoms with Crippen molar-refractivity contribution in [1.82, 2.24) is 25.1 Å². The highest BCUT2D eigenvalue weighted by Gasteiger charge is 2.17. The number of nitrogens with one attached hydrogen (secondary N) is 1. The van der Waals surface area contributed by atoms with Crippen LogP contribution in [0.15, 0.2) is 66.6 Å². The first-order chi connectivity index (χ1) is 13.7. The molecule has 3 rings (SSSR count). The second-order valence-electron chi connectivity index (χ2n) is 5.69. The van der Waals surface area contributed by atoms with Gasteiger partial charge in [0.15, 0.2) is 11.0 Å². The molecule has 0 saturated heterocycles. The number of benzene rings is 1. The first kappa shape index (κ1) is 19.6. The van der Waals surface area contributed by atoms with Crippen LogP contribution in [-0.2, 0) is 4.79 Å². The Morgan fingerprint density at radius 2 is 2.11 bits per heavy atom. The number of hydrogen-bond donors (Lipinski definition) is 1. The average Bonchev–Trinajstić information content (AvgIpc) is 3.16. The monoisotopic (exact) mass is 395 g/mol. The quantitative estimate of drug-likeness (QED) is 0.443. The first-order valence-electron chi connectivity index (χ1n) is 8.82. The van der Waals surface area contributed by atoms with Crippen LogP contribution < -0.4 is 10.1 Å². The molecule has 3 aromatic rings. The summed E-state index contributed by atoms with van der Waals surface area (Å²) in [6, 6.07) is 11.5. The van der Waals surface area contributed by atoms with Gasteiger partial charge in [-0.05, 0) is 43.3 Å². The number of carbonyl (C=O) groups excluding carboxylic acids is 1. The summed E-state index contributed by atoms with van der Waals surface area (Å²) in [4.78, 5) is 16.1. The third-order valence-corrected chi connectivity index (χ3v) is 4.66. The minimum Gasteiger partial charge on any atom is -0.494 e. The molecule has 0 atom stereocenters. The zero-order chi connectivity index (χ0) is 19.8. The summed E-state index contributed by atoms with van der Waals surface area (Å²) < 4.78 is 7.44. The van der Waals surface area contributed by atoms with Gasteiger partial charge in [0, 0.05) is 30.2 Å². The van der Waals surface area contributed by atoms with E-state index < -0.39 is 0 Å². The Morgan fingerprint density at radius 1 is 1.29 bits per heavy atom. The lowest BCUT2D eigenvalue weighted by Gasteiger charge is -2.11. The predicted octanol–water partition coefficient (Wildman–Crippen LogP) is 3.12. The van der Waals surface area contributed by atoms with E-state index in [-0.39, 0.29) is 11.7 Å². The van der Waals surface area contributed by atoms with Gasteiger partial charge in [0.25, 0.3) is 0 Å². The van der Waals surface area contributed by atoms with Crippen molar-refractivity contribution in [3.05, 3.63) is 61.4 Å². The van der Waals surface area contributed by atoms with Gasteiger partial charge in [-0.25, -0.2) is 0 Å². The summed E-state index contributed by atoms with van der Waals surface area (Å²) in [6.45, 7) is 6.58. The molecule has 144 valence electrons. The van der Waals surface area contributed by atoms with Crippen LogP contribution in [0, 0.1) is 0 Å². The lowest BCUT2D eigenvalue weighted by molar-refractivity contribution is -0.118. The molecule has 0 aliphatic carbocycles. The highest BCUT2D eigenvalue weighted by molar-refractivity contribution is 7.99. The summed E-state index contributed by atoms with van der Waals surface area (Å²) in [6.07, 6.45) is 5.09. The number of ether oxygens (including phenoxy) is 1. The number of thioether (sulfide) groups is 1. The third kappa shape index (κ3) is 4.77. The summed E-state index contributed by atoms with van der Waals surface area (Å²) in [5.74, 6) is 1.59. The van der Waals surface area contributed by atoms with Crippen molar-refractivity contribution < 1.29 is 9.53 Å². The molecule has 0 saturated carbocycles. The van der Waals surface area contributed by atoms with Crippen molar-refractivity contribution in [3.8, 4) is 22.8 Å². The van der Waals surface area contributed by atoms with Crippen LogP contribution in [0.1, 0.15) is 6.92 Å². The van der Waals surface area contributed by atoms with Crippen LogP contribution in [0.2, 0.25) is 0 Å². The molecule has 1 N–H and O–H groups in total. The average molecular weight is 395 g/mol. The Morgan fingerprint density at radius 3 is 2.79 bits per heavy atom. The number of nitrogens with zero attached hydrogens (tertiary/aromatic N) is 4. The van der Waals surface area contributed by atoms with Crippen molar-refractivity contribution in [2.45, 2.75) is 12.1 Å². The zero-order valence-corrected chi connectivity index (χ0v) is 16.4. The van der Waals surface area contributed by atoms with Crippen LogP contribution in [0.25, 0.3) is 17.1 Å². The van der Waals surface area contributed by atoms with Crippen molar-refractivity contribution in [2.24, 2.45) is 0 Å². The molecule has 0 aliphatic heterocycles. The van der Waals surface area contributed by atoms with Gasteiger partial charge in [0.2, 0.25) is 5.91 Å². The van der Waals surface area contributed by atoms with Gasteiger partial charge in [-0.3, -0.25) is 14.3 Å². The Kier molecular flexibility index (Phi) is 6.80. The normalized spacial score (nSPS) is 10.5. The molecule has 2 aromatic heterocycles. The van der Waals surface area contributed by atoms with Gasteiger partial charge >= 0.3 is 0 Å². The molecular weight excluding hydrogens is 374 g/mol. The molecular formula is C20H21N5O2S. The molecule has 8 heteroatoms. The van der Waals surface area contributed by atoms with Crippen molar-refractivity contribution in [1.29, 1.82) is 0 Å². The summed E-state index contributed by atoms with van der Waals surface area (Å²) in [5.41, 5.74) is 1.72. The van der Waals surface area contributed by atoms with Gasteiger partial charge in [0.1, 0.15) is 5.75 Å². The van der Waals surface area contributed by atoms with E-state index in [1.165, 1.54) is 11.8 Å². The zero-order valence-electron chi connectivity index (χ0n) is 15.5. The Labute approximate surface area is 167 Å². The smallest absolute Gasteiger partial charge is 0.230 e. The van der Waals surface area contributed by atoms with E-state index in [4.69, 9.17) is 4.74 Å². The van der Waals surface area contributed by atoms with Crippen LogP contribution in [0.3, 0.4) is 0 Å². The van der Waals surface area contributed by atoms with E-state index in [2.05, 4.69) is 27.1 Å². The van der Waals surface area contributed by atoms with Crippen molar-refractivity contribution in [2.75, 3.05) is 18.9 Å². The highest BCUT2D eigenvalue weighted by atomic mass is 32.2. The highest BCUT2D eigenvalue weighted by Crippen LogP contribution is 2.28. The van der Waals surface area contributed by atoms with E-state index >= 15 is 0 Å². The van der Waals surface area contributed by atoms with E-state index in [0.29, 0.717) is 24.1 Å². The second kappa shape index (κ2) is 9.70. The van der Waals surface area contributed by atoms with Gasteiger partial charge < -0.3 is 10.1 Å². The molecule has 2 heterocycles. The molecule has 1 amide bonds. The van der Waals surface area contributed by atoms with Crippen LogP contribution in [-0.4, -0.2) is 44.6 Å². The molecule has 28 heavy (non-hydrogen) atoms. The largest absolute Gasteiger partial charge is 0.494 e. The van der Waals surface area contributed by atoms with E-state index in [1.54, 1.807) is 18.5 Å². The third-order valence-electron chi connectivity index (χ3n) is 3.73. The number of amides is 1. The lowest BCUT2D eigenvalue weighted by Crippen LogP contribution is -2.25. The molecule has 0 unspecified atom stereocenters. The van der Waals surface area contributed by atoms with Crippen LogP contribution in [0.4, 0.5) is 0 Å². The fraction of sp³-hybridized carbons (Fsp3) is 0.200. The fourth-order valence-electron chi connectivity index (χ4n) is 2.50. The van der Waals surface area contributed by atoms with E-state index in [0.717, 1.165) is 17.0 Å². The topological polar surface area (TPSA) is 81.9 Å². The molecule has 7 nitrogen and oxygen atoms in total.